The smallest absolute Gasteiger partial charge is 0.491 e. The van der Waals surface area contributed by atoms with Gasteiger partial charge in [0.25, 0.3) is 0 Å². The SMILES string of the molecule is Brc1ccc(OC[C@@H]2C[N+]34CCO[B-]3(OCC4)O2)cc1. The van der Waals surface area contributed by atoms with E-state index in [1.807, 2.05) is 24.3 Å². The monoisotopic (exact) mass is 341 g/mol. The van der Waals surface area contributed by atoms with Gasteiger partial charge in [-0.3, -0.25) is 0 Å². The third kappa shape index (κ3) is 1.92. The van der Waals surface area contributed by atoms with Gasteiger partial charge >= 0.3 is 6.89 Å². The summed E-state index contributed by atoms with van der Waals surface area (Å²) >= 11 is 3.41. The molecule has 108 valence electrons. The molecule has 3 fully saturated rings. The fourth-order valence-corrected chi connectivity index (χ4v) is 3.85. The summed E-state index contributed by atoms with van der Waals surface area (Å²) in [4.78, 5) is 0. The Hall–Kier alpha value is -0.595. The number of benzene rings is 1. The average molecular weight is 342 g/mol. The van der Waals surface area contributed by atoms with E-state index in [1.54, 1.807) is 0 Å². The van der Waals surface area contributed by atoms with Crippen molar-refractivity contribution in [1.29, 1.82) is 0 Å². The summed E-state index contributed by atoms with van der Waals surface area (Å²) in [6.07, 6.45) is 0.0410. The first-order chi connectivity index (χ1) is 9.71. The van der Waals surface area contributed by atoms with Gasteiger partial charge in [-0.2, -0.15) is 0 Å². The molecule has 0 aromatic heterocycles. The zero-order valence-electron chi connectivity index (χ0n) is 11.2. The molecule has 20 heavy (non-hydrogen) atoms. The molecule has 0 N–H and O–H groups in total. The van der Waals surface area contributed by atoms with E-state index in [0.29, 0.717) is 6.61 Å². The molecule has 0 unspecified atom stereocenters. The molecular weight excluding hydrogens is 325 g/mol. The van der Waals surface area contributed by atoms with Crippen molar-refractivity contribution in [3.05, 3.63) is 28.7 Å². The van der Waals surface area contributed by atoms with Crippen molar-refractivity contribution in [3.63, 3.8) is 0 Å². The van der Waals surface area contributed by atoms with Crippen LogP contribution in [0.15, 0.2) is 28.7 Å². The second kappa shape index (κ2) is 4.71. The Balaban J connectivity index is 1.41. The molecule has 1 atom stereocenters. The predicted octanol–water partition coefficient (Wildman–Crippen LogP) is 1.54. The first-order valence-electron chi connectivity index (χ1n) is 7.05. The van der Waals surface area contributed by atoms with Crippen LogP contribution in [0.5, 0.6) is 5.75 Å². The minimum absolute atomic E-state index is 0.0410. The first kappa shape index (κ1) is 13.1. The van der Waals surface area contributed by atoms with Crippen LogP contribution < -0.4 is 4.74 Å². The quantitative estimate of drug-likeness (QED) is 0.781. The van der Waals surface area contributed by atoms with Gasteiger partial charge < -0.3 is 23.1 Å². The van der Waals surface area contributed by atoms with Crippen molar-refractivity contribution in [3.8, 4) is 5.75 Å². The fraction of sp³-hybridized carbons (Fsp3) is 0.538. The van der Waals surface area contributed by atoms with Crippen LogP contribution in [0.2, 0.25) is 0 Å². The molecule has 3 aliphatic heterocycles. The molecular formula is C13H17BBrNO4. The summed E-state index contributed by atoms with van der Waals surface area (Å²) in [7, 11) is 0. The largest absolute Gasteiger partial charge is 0.625 e. The lowest BCUT2D eigenvalue weighted by molar-refractivity contribution is -0.816. The number of nitrogens with zero attached hydrogens (tertiary/aromatic N) is 1. The highest BCUT2D eigenvalue weighted by atomic mass is 79.9. The molecule has 1 aromatic rings. The lowest BCUT2D eigenvalue weighted by atomic mass is 9.94. The summed E-state index contributed by atoms with van der Waals surface area (Å²) in [6.45, 7) is 3.37. The number of ether oxygens (including phenoxy) is 1. The van der Waals surface area contributed by atoms with Gasteiger partial charge in [0.15, 0.2) is 0 Å². The zero-order chi connectivity index (χ0) is 13.6. The molecule has 4 rings (SSSR count). The Kier molecular flexibility index (Phi) is 3.08. The van der Waals surface area contributed by atoms with E-state index in [9.17, 15) is 0 Å². The highest BCUT2D eigenvalue weighted by Crippen LogP contribution is 2.41. The average Bonchev–Trinajstić information content (AvgIpc) is 2.99. The van der Waals surface area contributed by atoms with Gasteiger partial charge in [0, 0.05) is 4.47 Å². The van der Waals surface area contributed by atoms with Crippen LogP contribution >= 0.6 is 15.9 Å². The highest BCUT2D eigenvalue weighted by Gasteiger charge is 2.66. The maximum atomic E-state index is 6.09. The van der Waals surface area contributed by atoms with E-state index >= 15 is 0 Å². The third-order valence-electron chi connectivity index (χ3n) is 4.58. The van der Waals surface area contributed by atoms with Crippen molar-refractivity contribution >= 4 is 22.8 Å². The van der Waals surface area contributed by atoms with Crippen molar-refractivity contribution in [2.24, 2.45) is 0 Å². The molecule has 0 bridgehead atoms. The Bertz CT molecular complexity index is 482. The molecule has 0 radical (unpaired) electrons. The highest BCUT2D eigenvalue weighted by molar-refractivity contribution is 9.10. The van der Waals surface area contributed by atoms with E-state index in [-0.39, 0.29) is 6.10 Å². The normalized spacial score (nSPS) is 38.8. The number of halogens is 1. The predicted molar refractivity (Wildman–Crippen MR) is 77.0 cm³/mol. The summed E-state index contributed by atoms with van der Waals surface area (Å²) in [5.41, 5.74) is 0. The lowest BCUT2D eigenvalue weighted by Crippen LogP contribution is -2.59. The van der Waals surface area contributed by atoms with Crippen molar-refractivity contribution in [2.75, 3.05) is 39.5 Å². The van der Waals surface area contributed by atoms with Gasteiger partial charge in [-0.15, -0.1) is 0 Å². The van der Waals surface area contributed by atoms with Gasteiger partial charge in [-0.1, -0.05) is 15.9 Å². The second-order valence-corrected chi connectivity index (χ2v) is 6.63. The van der Waals surface area contributed by atoms with Crippen LogP contribution in [0, 0.1) is 0 Å². The van der Waals surface area contributed by atoms with E-state index in [1.165, 1.54) is 0 Å². The summed E-state index contributed by atoms with van der Waals surface area (Å²) in [5.74, 6) is 0.857. The van der Waals surface area contributed by atoms with Crippen LogP contribution in [-0.2, 0) is 14.0 Å². The van der Waals surface area contributed by atoms with Gasteiger partial charge in [0.1, 0.15) is 18.5 Å². The molecule has 3 heterocycles. The molecule has 7 heteroatoms. The Morgan fingerprint density at radius 2 is 1.90 bits per heavy atom. The molecule has 0 saturated carbocycles. The molecule has 0 amide bonds. The maximum Gasteiger partial charge on any atom is 0.625 e. The van der Waals surface area contributed by atoms with Gasteiger partial charge in [0.05, 0.1) is 32.8 Å². The molecule has 3 aliphatic rings. The second-order valence-electron chi connectivity index (χ2n) is 5.72. The zero-order valence-corrected chi connectivity index (χ0v) is 12.8. The van der Waals surface area contributed by atoms with Crippen LogP contribution in [0.4, 0.5) is 0 Å². The summed E-state index contributed by atoms with van der Waals surface area (Å²) < 4.78 is 25.4. The number of hydrogen-bond donors (Lipinski definition) is 0. The molecule has 0 spiro atoms. The Morgan fingerprint density at radius 3 is 2.55 bits per heavy atom. The first-order valence-corrected chi connectivity index (χ1v) is 7.84. The minimum Gasteiger partial charge on any atom is -0.491 e. The standard InChI is InChI=1S/C13H17BBrNO4/c15-11-1-3-12(4-2-11)17-10-13-9-16-5-7-18-14(16,20-13)19-8-6-16/h1-4,13H,5-10H2/t13-,14?,16?/m0/s1. The van der Waals surface area contributed by atoms with Crippen molar-refractivity contribution < 1.29 is 23.1 Å². The lowest BCUT2D eigenvalue weighted by Gasteiger charge is -2.37. The molecule has 1 aromatic carbocycles. The maximum absolute atomic E-state index is 6.09. The van der Waals surface area contributed by atoms with E-state index in [2.05, 4.69) is 15.9 Å². The molecule has 0 aliphatic carbocycles. The van der Waals surface area contributed by atoms with Crippen LogP contribution in [0.1, 0.15) is 0 Å². The molecule has 5 nitrogen and oxygen atoms in total. The van der Waals surface area contributed by atoms with E-state index in [0.717, 1.165) is 47.5 Å². The van der Waals surface area contributed by atoms with Crippen LogP contribution in [-0.4, -0.2) is 56.8 Å². The number of quaternary nitrogens is 1. The minimum atomic E-state index is -1.56. The van der Waals surface area contributed by atoms with Crippen LogP contribution in [0.25, 0.3) is 0 Å². The van der Waals surface area contributed by atoms with Crippen molar-refractivity contribution in [1.82, 2.24) is 0 Å². The van der Waals surface area contributed by atoms with E-state index < -0.39 is 6.89 Å². The van der Waals surface area contributed by atoms with Crippen LogP contribution in [0.3, 0.4) is 0 Å². The van der Waals surface area contributed by atoms with Crippen molar-refractivity contribution in [2.45, 2.75) is 6.10 Å². The van der Waals surface area contributed by atoms with Gasteiger partial charge in [-0.25, -0.2) is 0 Å². The fourth-order valence-electron chi connectivity index (χ4n) is 3.58. The summed E-state index contributed by atoms with van der Waals surface area (Å²) in [5, 5.41) is 0. The topological polar surface area (TPSA) is 36.9 Å². The number of hydrogen-bond acceptors (Lipinski definition) is 4. The van der Waals surface area contributed by atoms with Gasteiger partial charge in [-0.05, 0) is 24.3 Å². The summed E-state index contributed by atoms with van der Waals surface area (Å²) in [6, 6.07) is 7.84. The Morgan fingerprint density at radius 1 is 1.20 bits per heavy atom. The number of rotatable bonds is 3. The van der Waals surface area contributed by atoms with E-state index in [4.69, 9.17) is 18.7 Å². The molecule has 3 saturated heterocycles. The third-order valence-corrected chi connectivity index (χ3v) is 5.11. The van der Waals surface area contributed by atoms with Gasteiger partial charge in [0.2, 0.25) is 0 Å². The Labute approximate surface area is 126 Å².